The standard InChI is InChI=1S/C8H7F2NO2/c1-13-8-6(4-12)5(7(9)10)2-3-11-8/h2-4,7H,1H3. The average molecular weight is 187 g/mol. The van der Waals surface area contributed by atoms with E-state index in [1.165, 1.54) is 13.3 Å². The van der Waals surface area contributed by atoms with E-state index in [0.29, 0.717) is 6.29 Å². The van der Waals surface area contributed by atoms with Crippen LogP contribution in [0.3, 0.4) is 0 Å². The first-order chi connectivity index (χ1) is 6.20. The zero-order valence-electron chi connectivity index (χ0n) is 6.83. The number of alkyl halides is 2. The number of ether oxygens (including phenoxy) is 1. The van der Waals surface area contributed by atoms with E-state index in [-0.39, 0.29) is 17.0 Å². The molecule has 0 saturated carbocycles. The summed E-state index contributed by atoms with van der Waals surface area (Å²) in [6.07, 6.45) is -1.21. The van der Waals surface area contributed by atoms with Crippen molar-refractivity contribution < 1.29 is 18.3 Å². The van der Waals surface area contributed by atoms with Gasteiger partial charge in [0.05, 0.1) is 12.7 Å². The molecule has 1 rings (SSSR count). The summed E-state index contributed by atoms with van der Waals surface area (Å²) in [5, 5.41) is 0. The molecule has 70 valence electrons. The Hall–Kier alpha value is -1.52. The quantitative estimate of drug-likeness (QED) is 0.677. The van der Waals surface area contributed by atoms with E-state index in [0.717, 1.165) is 6.07 Å². The minimum absolute atomic E-state index is 0.0761. The van der Waals surface area contributed by atoms with Crippen LogP contribution in [-0.4, -0.2) is 18.4 Å². The van der Waals surface area contributed by atoms with Gasteiger partial charge in [-0.3, -0.25) is 4.79 Å². The third kappa shape index (κ3) is 1.80. The van der Waals surface area contributed by atoms with Gasteiger partial charge in [0, 0.05) is 11.8 Å². The number of rotatable bonds is 3. The Morgan fingerprint density at radius 2 is 2.31 bits per heavy atom. The molecule has 1 aromatic heterocycles. The first-order valence-electron chi connectivity index (χ1n) is 3.47. The first-order valence-corrected chi connectivity index (χ1v) is 3.47. The topological polar surface area (TPSA) is 39.2 Å². The zero-order chi connectivity index (χ0) is 9.84. The van der Waals surface area contributed by atoms with Crippen molar-refractivity contribution in [1.29, 1.82) is 0 Å². The van der Waals surface area contributed by atoms with Crippen LogP contribution in [0, 0.1) is 0 Å². The molecule has 0 aliphatic rings. The number of hydrogen-bond acceptors (Lipinski definition) is 3. The molecular weight excluding hydrogens is 180 g/mol. The van der Waals surface area contributed by atoms with Crippen LogP contribution >= 0.6 is 0 Å². The van der Waals surface area contributed by atoms with Crippen LogP contribution in [0.15, 0.2) is 12.3 Å². The van der Waals surface area contributed by atoms with Crippen LogP contribution in [0.1, 0.15) is 22.3 Å². The van der Waals surface area contributed by atoms with E-state index in [1.54, 1.807) is 0 Å². The number of carbonyl (C=O) groups is 1. The second-order valence-electron chi connectivity index (χ2n) is 2.24. The van der Waals surface area contributed by atoms with Crippen molar-refractivity contribution in [2.45, 2.75) is 6.43 Å². The summed E-state index contributed by atoms with van der Waals surface area (Å²) >= 11 is 0. The molecule has 0 unspecified atom stereocenters. The molecule has 0 aromatic carbocycles. The van der Waals surface area contributed by atoms with Gasteiger partial charge in [0.25, 0.3) is 6.43 Å². The van der Waals surface area contributed by atoms with Gasteiger partial charge in [-0.05, 0) is 6.07 Å². The van der Waals surface area contributed by atoms with Gasteiger partial charge in [-0.25, -0.2) is 13.8 Å². The smallest absolute Gasteiger partial charge is 0.264 e. The van der Waals surface area contributed by atoms with Gasteiger partial charge < -0.3 is 4.74 Å². The predicted octanol–water partition coefficient (Wildman–Crippen LogP) is 1.84. The third-order valence-corrected chi connectivity index (χ3v) is 1.53. The summed E-state index contributed by atoms with van der Waals surface area (Å²) in [5.74, 6) is -0.0761. The van der Waals surface area contributed by atoms with Gasteiger partial charge in [-0.1, -0.05) is 0 Å². The number of methoxy groups -OCH3 is 1. The number of halogens is 2. The number of nitrogens with zero attached hydrogens (tertiary/aromatic N) is 1. The molecule has 0 spiro atoms. The maximum atomic E-state index is 12.3. The highest BCUT2D eigenvalue weighted by Crippen LogP contribution is 2.26. The highest BCUT2D eigenvalue weighted by molar-refractivity contribution is 5.80. The fourth-order valence-corrected chi connectivity index (χ4v) is 0.939. The van der Waals surface area contributed by atoms with Gasteiger partial charge in [0.2, 0.25) is 5.88 Å². The molecule has 1 aromatic rings. The molecule has 13 heavy (non-hydrogen) atoms. The Labute approximate surface area is 73.4 Å². The van der Waals surface area contributed by atoms with Crippen LogP contribution in [-0.2, 0) is 0 Å². The van der Waals surface area contributed by atoms with Crippen molar-refractivity contribution in [3.63, 3.8) is 0 Å². The van der Waals surface area contributed by atoms with Gasteiger partial charge >= 0.3 is 0 Å². The molecule has 0 bridgehead atoms. The largest absolute Gasteiger partial charge is 0.480 e. The fourth-order valence-electron chi connectivity index (χ4n) is 0.939. The first kappa shape index (κ1) is 9.57. The van der Waals surface area contributed by atoms with Crippen molar-refractivity contribution in [2.24, 2.45) is 0 Å². The Kier molecular flexibility index (Phi) is 2.89. The summed E-state index contributed by atoms with van der Waals surface area (Å²) in [7, 11) is 1.27. The Morgan fingerprint density at radius 1 is 1.62 bits per heavy atom. The predicted molar refractivity (Wildman–Crippen MR) is 41.1 cm³/mol. The van der Waals surface area contributed by atoms with Gasteiger partial charge in [0.15, 0.2) is 6.29 Å². The van der Waals surface area contributed by atoms with Crippen LogP contribution < -0.4 is 4.74 Å². The van der Waals surface area contributed by atoms with Crippen molar-refractivity contribution >= 4 is 6.29 Å². The lowest BCUT2D eigenvalue weighted by molar-refractivity contribution is 0.110. The maximum absolute atomic E-state index is 12.3. The number of pyridine rings is 1. The molecule has 0 radical (unpaired) electrons. The summed E-state index contributed by atoms with van der Waals surface area (Å²) in [5.41, 5.74) is -0.554. The maximum Gasteiger partial charge on any atom is 0.264 e. The van der Waals surface area contributed by atoms with E-state index in [4.69, 9.17) is 0 Å². The Morgan fingerprint density at radius 3 is 2.77 bits per heavy atom. The van der Waals surface area contributed by atoms with Crippen molar-refractivity contribution in [3.8, 4) is 5.88 Å². The zero-order valence-corrected chi connectivity index (χ0v) is 6.83. The summed E-state index contributed by atoms with van der Waals surface area (Å²) in [6, 6.07) is 1.09. The molecule has 3 nitrogen and oxygen atoms in total. The minimum atomic E-state index is -2.70. The monoisotopic (exact) mass is 187 g/mol. The summed E-state index contributed by atoms with van der Waals surface area (Å²) in [4.78, 5) is 14.1. The SMILES string of the molecule is COc1nccc(C(F)F)c1C=O. The molecule has 0 atom stereocenters. The number of aldehydes is 1. The molecule has 0 aliphatic heterocycles. The second kappa shape index (κ2) is 3.93. The average Bonchev–Trinajstić information content (AvgIpc) is 2.16. The molecule has 1 heterocycles. The van der Waals surface area contributed by atoms with E-state index in [9.17, 15) is 13.6 Å². The lowest BCUT2D eigenvalue weighted by atomic mass is 10.1. The Balaban J connectivity index is 3.27. The normalized spacial score (nSPS) is 10.2. The fraction of sp³-hybridized carbons (Fsp3) is 0.250. The molecule has 0 N–H and O–H groups in total. The number of hydrogen-bond donors (Lipinski definition) is 0. The molecule has 0 amide bonds. The summed E-state index contributed by atoms with van der Waals surface area (Å²) in [6.45, 7) is 0. The highest BCUT2D eigenvalue weighted by atomic mass is 19.3. The minimum Gasteiger partial charge on any atom is -0.480 e. The van der Waals surface area contributed by atoms with E-state index < -0.39 is 6.43 Å². The number of aromatic nitrogens is 1. The molecule has 0 saturated heterocycles. The van der Waals surface area contributed by atoms with Crippen LogP contribution in [0.4, 0.5) is 8.78 Å². The van der Waals surface area contributed by atoms with Crippen LogP contribution in [0.25, 0.3) is 0 Å². The molecular formula is C8H7F2NO2. The highest BCUT2D eigenvalue weighted by Gasteiger charge is 2.16. The van der Waals surface area contributed by atoms with Crippen molar-refractivity contribution in [1.82, 2.24) is 4.98 Å². The van der Waals surface area contributed by atoms with Gasteiger partial charge in [0.1, 0.15) is 0 Å². The van der Waals surface area contributed by atoms with Gasteiger partial charge in [-0.15, -0.1) is 0 Å². The van der Waals surface area contributed by atoms with Gasteiger partial charge in [-0.2, -0.15) is 0 Å². The molecule has 0 fully saturated rings. The third-order valence-electron chi connectivity index (χ3n) is 1.53. The Bertz CT molecular complexity index is 315. The lowest BCUT2D eigenvalue weighted by Crippen LogP contribution is -1.99. The van der Waals surface area contributed by atoms with Crippen molar-refractivity contribution in [2.75, 3.05) is 7.11 Å². The second-order valence-corrected chi connectivity index (χ2v) is 2.24. The number of carbonyl (C=O) groups excluding carboxylic acids is 1. The van der Waals surface area contributed by atoms with E-state index in [1.807, 2.05) is 0 Å². The summed E-state index contributed by atoms with van der Waals surface area (Å²) < 4.78 is 29.2. The van der Waals surface area contributed by atoms with Crippen molar-refractivity contribution in [3.05, 3.63) is 23.4 Å². The molecule has 0 aliphatic carbocycles. The van der Waals surface area contributed by atoms with Crippen LogP contribution in [0.5, 0.6) is 5.88 Å². The molecule has 5 heteroatoms. The van der Waals surface area contributed by atoms with E-state index >= 15 is 0 Å². The lowest BCUT2D eigenvalue weighted by Gasteiger charge is -2.06. The van der Waals surface area contributed by atoms with E-state index in [2.05, 4.69) is 9.72 Å². The van der Waals surface area contributed by atoms with Crippen LogP contribution in [0.2, 0.25) is 0 Å².